The molecule has 4 rings (SSSR count). The second-order valence-corrected chi connectivity index (χ2v) is 6.00. The molecule has 2 heterocycles. The van der Waals surface area contributed by atoms with Crippen molar-refractivity contribution in [2.24, 2.45) is 0 Å². The molecule has 1 atom stereocenters. The van der Waals surface area contributed by atoms with Crippen molar-refractivity contribution in [2.75, 3.05) is 6.54 Å². The number of esters is 1. The van der Waals surface area contributed by atoms with Crippen LogP contribution in [0, 0.1) is 0 Å². The number of amides is 1. The van der Waals surface area contributed by atoms with E-state index in [0.717, 1.165) is 22.4 Å². The minimum Gasteiger partial charge on any atom is -0.448 e. The highest BCUT2D eigenvalue weighted by Gasteiger charge is 2.30. The zero-order valence-electron chi connectivity index (χ0n) is 13.5. The highest BCUT2D eigenvalue weighted by molar-refractivity contribution is 5.95. The summed E-state index contributed by atoms with van der Waals surface area (Å²) in [6.07, 6.45) is 0.203. The predicted octanol–water partition coefficient (Wildman–Crippen LogP) is 2.00. The monoisotopic (exact) mass is 335 g/mol. The molecule has 3 aromatic rings. The molecular formula is C19H17N3O3. The van der Waals surface area contributed by atoms with Crippen LogP contribution in [0.1, 0.15) is 21.7 Å². The summed E-state index contributed by atoms with van der Waals surface area (Å²) in [4.78, 5) is 32.0. The van der Waals surface area contributed by atoms with Gasteiger partial charge < -0.3 is 15.0 Å². The van der Waals surface area contributed by atoms with Crippen LogP contribution in [0.3, 0.4) is 0 Å². The molecule has 0 spiro atoms. The summed E-state index contributed by atoms with van der Waals surface area (Å²) in [5.74, 6) is 0.0886. The van der Waals surface area contributed by atoms with Crippen LogP contribution < -0.4 is 5.32 Å². The lowest BCUT2D eigenvalue weighted by atomic mass is 9.98. The van der Waals surface area contributed by atoms with E-state index in [1.165, 1.54) is 0 Å². The maximum absolute atomic E-state index is 12.3. The van der Waals surface area contributed by atoms with E-state index < -0.39 is 12.1 Å². The van der Waals surface area contributed by atoms with E-state index in [9.17, 15) is 9.59 Å². The molecule has 1 unspecified atom stereocenters. The van der Waals surface area contributed by atoms with Gasteiger partial charge in [0.15, 0.2) is 6.10 Å². The minimum absolute atomic E-state index is 0.279. The molecule has 0 saturated carbocycles. The Bertz CT molecular complexity index is 915. The molecule has 6 heteroatoms. The summed E-state index contributed by atoms with van der Waals surface area (Å²) in [5, 5.41) is 2.82. The SMILES string of the molecule is O=C1OC(C(=O)NCCc2nc3ccccc3[nH]2)Cc2ccccc21. The third kappa shape index (κ3) is 3.10. The number of aromatic nitrogens is 2. The molecule has 6 nitrogen and oxygen atoms in total. The number of imidazole rings is 1. The lowest BCUT2D eigenvalue weighted by Gasteiger charge is -2.23. The zero-order chi connectivity index (χ0) is 17.2. The van der Waals surface area contributed by atoms with Crippen molar-refractivity contribution in [3.8, 4) is 0 Å². The Balaban J connectivity index is 1.36. The summed E-state index contributed by atoms with van der Waals surface area (Å²) in [5.41, 5.74) is 3.26. The number of nitrogens with zero attached hydrogens (tertiary/aromatic N) is 1. The van der Waals surface area contributed by atoms with Gasteiger partial charge >= 0.3 is 5.97 Å². The molecule has 2 N–H and O–H groups in total. The van der Waals surface area contributed by atoms with E-state index in [0.29, 0.717) is 24.9 Å². The van der Waals surface area contributed by atoms with Gasteiger partial charge in [0.2, 0.25) is 0 Å². The number of rotatable bonds is 4. The van der Waals surface area contributed by atoms with Crippen LogP contribution in [-0.4, -0.2) is 34.5 Å². The maximum Gasteiger partial charge on any atom is 0.339 e. The Hall–Kier alpha value is -3.15. The van der Waals surface area contributed by atoms with Crippen molar-refractivity contribution in [2.45, 2.75) is 18.9 Å². The maximum atomic E-state index is 12.3. The van der Waals surface area contributed by atoms with E-state index in [1.54, 1.807) is 12.1 Å². The minimum atomic E-state index is -0.780. The summed E-state index contributed by atoms with van der Waals surface area (Å²) < 4.78 is 5.25. The van der Waals surface area contributed by atoms with Crippen LogP contribution in [0.25, 0.3) is 11.0 Å². The summed E-state index contributed by atoms with van der Waals surface area (Å²) in [6.45, 7) is 0.425. The molecular weight excluding hydrogens is 318 g/mol. The molecule has 25 heavy (non-hydrogen) atoms. The van der Waals surface area contributed by atoms with Crippen molar-refractivity contribution < 1.29 is 14.3 Å². The van der Waals surface area contributed by atoms with Crippen molar-refractivity contribution >= 4 is 22.9 Å². The number of benzene rings is 2. The fraction of sp³-hybridized carbons (Fsp3) is 0.211. The van der Waals surface area contributed by atoms with Crippen molar-refractivity contribution in [1.29, 1.82) is 0 Å². The van der Waals surface area contributed by atoms with Gasteiger partial charge in [-0.25, -0.2) is 9.78 Å². The quantitative estimate of drug-likeness (QED) is 0.714. The van der Waals surface area contributed by atoms with Gasteiger partial charge in [-0.05, 0) is 23.8 Å². The molecule has 0 fully saturated rings. The average molecular weight is 335 g/mol. The first-order chi connectivity index (χ1) is 12.2. The van der Waals surface area contributed by atoms with Gasteiger partial charge in [0.05, 0.1) is 16.6 Å². The van der Waals surface area contributed by atoms with Crippen molar-refractivity contribution in [3.05, 3.63) is 65.5 Å². The first-order valence-electron chi connectivity index (χ1n) is 8.21. The Morgan fingerprint density at radius 1 is 1.20 bits per heavy atom. The second-order valence-electron chi connectivity index (χ2n) is 6.00. The molecule has 1 amide bonds. The number of hydrogen-bond donors (Lipinski definition) is 2. The number of cyclic esters (lactones) is 1. The average Bonchev–Trinajstić information content (AvgIpc) is 3.04. The van der Waals surface area contributed by atoms with E-state index in [-0.39, 0.29) is 5.91 Å². The van der Waals surface area contributed by atoms with Gasteiger partial charge in [-0.15, -0.1) is 0 Å². The molecule has 1 aliphatic rings. The molecule has 0 aliphatic carbocycles. The Morgan fingerprint density at radius 2 is 2.00 bits per heavy atom. The number of nitrogens with one attached hydrogen (secondary N) is 2. The number of carbonyl (C=O) groups excluding carboxylic acids is 2. The van der Waals surface area contributed by atoms with Crippen LogP contribution in [0.4, 0.5) is 0 Å². The Labute approximate surface area is 144 Å². The van der Waals surface area contributed by atoms with Crippen molar-refractivity contribution in [1.82, 2.24) is 15.3 Å². The van der Waals surface area contributed by atoms with Gasteiger partial charge in [0.25, 0.3) is 5.91 Å². The topological polar surface area (TPSA) is 84.1 Å². The van der Waals surface area contributed by atoms with Gasteiger partial charge in [-0.1, -0.05) is 30.3 Å². The van der Waals surface area contributed by atoms with Crippen LogP contribution >= 0.6 is 0 Å². The van der Waals surface area contributed by atoms with Gasteiger partial charge in [0, 0.05) is 19.4 Å². The van der Waals surface area contributed by atoms with Crippen LogP contribution in [-0.2, 0) is 22.4 Å². The Morgan fingerprint density at radius 3 is 2.88 bits per heavy atom. The lowest BCUT2D eigenvalue weighted by Crippen LogP contribution is -2.42. The van der Waals surface area contributed by atoms with Gasteiger partial charge in [0.1, 0.15) is 5.82 Å². The number of carbonyl (C=O) groups is 2. The summed E-state index contributed by atoms with van der Waals surface area (Å²) in [6, 6.07) is 15.0. The van der Waals surface area contributed by atoms with Crippen LogP contribution in [0.15, 0.2) is 48.5 Å². The van der Waals surface area contributed by atoms with Crippen molar-refractivity contribution in [3.63, 3.8) is 0 Å². The molecule has 2 aromatic carbocycles. The molecule has 1 aromatic heterocycles. The summed E-state index contributed by atoms with van der Waals surface area (Å²) >= 11 is 0. The van der Waals surface area contributed by atoms with E-state index in [4.69, 9.17) is 4.74 Å². The van der Waals surface area contributed by atoms with Crippen LogP contribution in [0.5, 0.6) is 0 Å². The number of aromatic amines is 1. The first-order valence-corrected chi connectivity index (χ1v) is 8.21. The number of hydrogen-bond acceptors (Lipinski definition) is 4. The molecule has 0 saturated heterocycles. The fourth-order valence-electron chi connectivity index (χ4n) is 3.02. The molecule has 1 aliphatic heterocycles. The summed E-state index contributed by atoms with van der Waals surface area (Å²) in [7, 11) is 0. The standard InChI is InChI=1S/C19H17N3O3/c23-18(16-11-12-5-1-2-6-13(12)19(24)25-16)20-10-9-17-21-14-7-3-4-8-15(14)22-17/h1-8,16H,9-11H2,(H,20,23)(H,21,22). The highest BCUT2D eigenvalue weighted by Crippen LogP contribution is 2.20. The van der Waals surface area contributed by atoms with E-state index in [2.05, 4.69) is 15.3 Å². The third-order valence-corrected chi connectivity index (χ3v) is 4.28. The number of fused-ring (bicyclic) bond motifs is 2. The zero-order valence-corrected chi connectivity index (χ0v) is 13.5. The Kier molecular flexibility index (Phi) is 3.93. The second kappa shape index (κ2) is 6.39. The highest BCUT2D eigenvalue weighted by atomic mass is 16.5. The smallest absolute Gasteiger partial charge is 0.339 e. The number of para-hydroxylation sites is 2. The molecule has 0 bridgehead atoms. The van der Waals surface area contributed by atoms with E-state index >= 15 is 0 Å². The third-order valence-electron chi connectivity index (χ3n) is 4.28. The number of ether oxygens (including phenoxy) is 1. The first kappa shape index (κ1) is 15.4. The largest absolute Gasteiger partial charge is 0.448 e. The van der Waals surface area contributed by atoms with Crippen LogP contribution in [0.2, 0.25) is 0 Å². The number of H-pyrrole nitrogens is 1. The predicted molar refractivity (Wildman–Crippen MR) is 92.2 cm³/mol. The van der Waals surface area contributed by atoms with Gasteiger partial charge in [-0.3, -0.25) is 4.79 Å². The van der Waals surface area contributed by atoms with E-state index in [1.807, 2.05) is 36.4 Å². The fourth-order valence-corrected chi connectivity index (χ4v) is 3.02. The lowest BCUT2D eigenvalue weighted by molar-refractivity contribution is -0.130. The molecule has 0 radical (unpaired) electrons. The van der Waals surface area contributed by atoms with Gasteiger partial charge in [-0.2, -0.15) is 0 Å². The normalized spacial score (nSPS) is 16.3. The molecule has 126 valence electrons.